The van der Waals surface area contributed by atoms with Crippen LogP contribution in [0.15, 0.2) is 36.4 Å². The summed E-state index contributed by atoms with van der Waals surface area (Å²) >= 11 is 0. The van der Waals surface area contributed by atoms with E-state index >= 15 is 0 Å². The van der Waals surface area contributed by atoms with Crippen molar-refractivity contribution in [2.24, 2.45) is 0 Å². The highest BCUT2D eigenvalue weighted by Crippen LogP contribution is 2.39. The fraction of sp³-hybridized carbons (Fsp3) is 0.429. The van der Waals surface area contributed by atoms with Crippen molar-refractivity contribution in [3.63, 3.8) is 0 Å². The van der Waals surface area contributed by atoms with E-state index in [9.17, 15) is 0 Å². The molecule has 2 fully saturated rings. The molecule has 0 aliphatic heterocycles. The Labute approximate surface area is 158 Å². The van der Waals surface area contributed by atoms with E-state index in [1.165, 1.54) is 37.8 Å². The molecule has 1 aromatic carbocycles. The molecule has 5 rings (SSSR count). The maximum atomic E-state index is 4.82. The van der Waals surface area contributed by atoms with Gasteiger partial charge < -0.3 is 5.32 Å². The first-order valence-electron chi connectivity index (χ1n) is 9.99. The number of hydrogen-bond acceptors (Lipinski definition) is 5. The van der Waals surface area contributed by atoms with Crippen molar-refractivity contribution in [2.45, 2.75) is 56.8 Å². The van der Waals surface area contributed by atoms with Gasteiger partial charge in [0.25, 0.3) is 0 Å². The van der Waals surface area contributed by atoms with Gasteiger partial charge >= 0.3 is 0 Å². The van der Waals surface area contributed by atoms with Gasteiger partial charge in [0, 0.05) is 29.2 Å². The molecule has 2 aromatic heterocycles. The number of anilines is 2. The summed E-state index contributed by atoms with van der Waals surface area (Å²) in [5.74, 6) is 4.06. The monoisotopic (exact) mass is 360 g/mol. The van der Waals surface area contributed by atoms with Crippen LogP contribution in [0, 0.1) is 0 Å². The minimum atomic E-state index is 0.422. The van der Waals surface area contributed by atoms with Crippen LogP contribution in [-0.2, 0) is 0 Å². The fourth-order valence-electron chi connectivity index (χ4n) is 3.83. The maximum absolute atomic E-state index is 4.82. The second kappa shape index (κ2) is 7.10. The minimum Gasteiger partial charge on any atom is -0.307 e. The Morgan fingerprint density at radius 2 is 1.67 bits per heavy atom. The molecule has 0 spiro atoms. The Morgan fingerprint density at radius 3 is 2.44 bits per heavy atom. The third-order valence-corrected chi connectivity index (χ3v) is 5.51. The topological polar surface area (TPSA) is 79.4 Å². The molecule has 3 aromatic rings. The number of nitrogens with zero attached hydrogens (tertiary/aromatic N) is 4. The predicted octanol–water partition coefficient (Wildman–Crippen LogP) is 4.93. The second-order valence-electron chi connectivity index (χ2n) is 7.65. The summed E-state index contributed by atoms with van der Waals surface area (Å²) in [7, 11) is 0. The Morgan fingerprint density at radius 1 is 0.852 bits per heavy atom. The fourth-order valence-corrected chi connectivity index (χ4v) is 3.83. The van der Waals surface area contributed by atoms with Crippen LogP contribution in [0.3, 0.4) is 0 Å². The molecule has 0 unspecified atom stereocenters. The Hall–Kier alpha value is -2.76. The van der Waals surface area contributed by atoms with Gasteiger partial charge in [-0.05, 0) is 25.7 Å². The normalized spacial score (nSPS) is 17.8. The van der Waals surface area contributed by atoms with Gasteiger partial charge in [-0.2, -0.15) is 15.1 Å². The third kappa shape index (κ3) is 3.70. The summed E-state index contributed by atoms with van der Waals surface area (Å²) in [6, 6.07) is 12.2. The largest absolute Gasteiger partial charge is 0.307 e. The molecular formula is C21H24N6. The quantitative estimate of drug-likeness (QED) is 0.674. The molecule has 2 heterocycles. The van der Waals surface area contributed by atoms with E-state index < -0.39 is 0 Å². The van der Waals surface area contributed by atoms with E-state index in [1.54, 1.807) is 0 Å². The first-order valence-corrected chi connectivity index (χ1v) is 9.99. The average molecular weight is 360 g/mol. The van der Waals surface area contributed by atoms with Gasteiger partial charge in [-0.1, -0.05) is 49.6 Å². The Balaban J connectivity index is 1.48. The van der Waals surface area contributed by atoms with E-state index in [2.05, 4.69) is 26.6 Å². The zero-order valence-corrected chi connectivity index (χ0v) is 15.4. The lowest BCUT2D eigenvalue weighted by Crippen LogP contribution is -2.12. The summed E-state index contributed by atoms with van der Waals surface area (Å²) < 4.78 is 0. The van der Waals surface area contributed by atoms with Gasteiger partial charge in [0.2, 0.25) is 5.95 Å². The molecule has 2 saturated carbocycles. The molecule has 0 bridgehead atoms. The van der Waals surface area contributed by atoms with Crippen molar-refractivity contribution < 1.29 is 0 Å². The first-order chi connectivity index (χ1) is 13.3. The van der Waals surface area contributed by atoms with E-state index in [0.29, 0.717) is 17.8 Å². The zero-order valence-electron chi connectivity index (χ0n) is 15.4. The van der Waals surface area contributed by atoms with Crippen LogP contribution in [0.4, 0.5) is 11.8 Å². The second-order valence-corrected chi connectivity index (χ2v) is 7.65. The molecular weight excluding hydrogens is 336 g/mol. The van der Waals surface area contributed by atoms with E-state index in [0.717, 1.165) is 35.9 Å². The van der Waals surface area contributed by atoms with Crippen molar-refractivity contribution in [1.82, 2.24) is 25.1 Å². The molecule has 2 aliphatic rings. The molecule has 0 amide bonds. The number of aromatic amines is 1. The van der Waals surface area contributed by atoms with Crippen LogP contribution in [0.2, 0.25) is 0 Å². The highest BCUT2D eigenvalue weighted by atomic mass is 15.2. The van der Waals surface area contributed by atoms with Crippen molar-refractivity contribution in [1.29, 1.82) is 0 Å². The zero-order chi connectivity index (χ0) is 18.1. The summed E-state index contributed by atoms with van der Waals surface area (Å²) in [5.41, 5.74) is 2.21. The molecule has 138 valence electrons. The smallest absolute Gasteiger partial charge is 0.232 e. The molecule has 2 aliphatic carbocycles. The number of aromatic nitrogens is 5. The number of hydrogen-bond donors (Lipinski definition) is 2. The standard InChI is InChI=1S/C21H24N6/c1-3-7-15(8-4-1)19-23-20(16-9-5-2-6-10-16)25-21(24-19)22-18-13-17(26-27-18)14-11-12-14/h1,3-4,7-8,13-14,16H,2,5-6,9-12H2,(H2,22,23,24,25,26,27). The van der Waals surface area contributed by atoms with Gasteiger partial charge in [-0.25, -0.2) is 4.98 Å². The molecule has 6 nitrogen and oxygen atoms in total. The van der Waals surface area contributed by atoms with Crippen LogP contribution >= 0.6 is 0 Å². The van der Waals surface area contributed by atoms with Crippen LogP contribution in [0.25, 0.3) is 11.4 Å². The lowest BCUT2D eigenvalue weighted by Gasteiger charge is -2.21. The number of rotatable bonds is 5. The van der Waals surface area contributed by atoms with Crippen molar-refractivity contribution in [2.75, 3.05) is 5.32 Å². The Kier molecular flexibility index (Phi) is 4.32. The predicted molar refractivity (Wildman–Crippen MR) is 105 cm³/mol. The average Bonchev–Trinajstić information content (AvgIpc) is 3.48. The van der Waals surface area contributed by atoms with E-state index in [1.807, 2.05) is 30.3 Å². The molecule has 0 radical (unpaired) electrons. The van der Waals surface area contributed by atoms with Crippen LogP contribution in [0.5, 0.6) is 0 Å². The van der Waals surface area contributed by atoms with Crippen LogP contribution < -0.4 is 5.32 Å². The van der Waals surface area contributed by atoms with Crippen molar-refractivity contribution in [3.05, 3.63) is 47.9 Å². The van der Waals surface area contributed by atoms with Crippen LogP contribution in [0.1, 0.15) is 68.3 Å². The van der Waals surface area contributed by atoms with Gasteiger partial charge in [-0.3, -0.25) is 5.10 Å². The SMILES string of the molecule is c1ccc(-c2nc(Nc3cc(C4CC4)[nH]n3)nc(C3CCCCC3)n2)cc1. The van der Waals surface area contributed by atoms with Crippen LogP contribution in [-0.4, -0.2) is 25.1 Å². The molecule has 6 heteroatoms. The summed E-state index contributed by atoms with van der Waals surface area (Å²) in [5, 5.41) is 10.8. The van der Waals surface area contributed by atoms with Gasteiger partial charge in [-0.15, -0.1) is 0 Å². The highest BCUT2D eigenvalue weighted by Gasteiger charge is 2.26. The molecule has 27 heavy (non-hydrogen) atoms. The van der Waals surface area contributed by atoms with Crippen molar-refractivity contribution in [3.8, 4) is 11.4 Å². The molecule has 0 atom stereocenters. The summed E-state index contributed by atoms with van der Waals surface area (Å²) in [6.45, 7) is 0. The summed E-state index contributed by atoms with van der Waals surface area (Å²) in [4.78, 5) is 14.3. The minimum absolute atomic E-state index is 0.422. The van der Waals surface area contributed by atoms with Gasteiger partial charge in [0.05, 0.1) is 0 Å². The lowest BCUT2D eigenvalue weighted by atomic mass is 9.89. The highest BCUT2D eigenvalue weighted by molar-refractivity contribution is 5.58. The van der Waals surface area contributed by atoms with Gasteiger partial charge in [0.15, 0.2) is 11.6 Å². The lowest BCUT2D eigenvalue weighted by molar-refractivity contribution is 0.428. The number of nitrogens with one attached hydrogen (secondary N) is 2. The number of H-pyrrole nitrogens is 1. The van der Waals surface area contributed by atoms with Gasteiger partial charge in [0.1, 0.15) is 5.82 Å². The van der Waals surface area contributed by atoms with Crippen molar-refractivity contribution >= 4 is 11.8 Å². The third-order valence-electron chi connectivity index (χ3n) is 5.51. The molecule has 2 N–H and O–H groups in total. The maximum Gasteiger partial charge on any atom is 0.232 e. The molecule has 0 saturated heterocycles. The van der Waals surface area contributed by atoms with E-state index in [-0.39, 0.29) is 0 Å². The summed E-state index contributed by atoms with van der Waals surface area (Å²) in [6.07, 6.45) is 8.63. The first kappa shape index (κ1) is 16.4. The number of benzene rings is 1. The van der Waals surface area contributed by atoms with E-state index in [4.69, 9.17) is 9.97 Å². The Bertz CT molecular complexity index is 909.